The Kier molecular flexibility index (Phi) is 14.4. The highest BCUT2D eigenvalue weighted by molar-refractivity contribution is 6.14. The van der Waals surface area contributed by atoms with Crippen LogP contribution in [-0.4, -0.2) is 29.1 Å². The Morgan fingerprint density at radius 1 is 0.281 bits per heavy atom. The van der Waals surface area contributed by atoms with Gasteiger partial charge in [-0.1, -0.05) is 200 Å². The summed E-state index contributed by atoms with van der Waals surface area (Å²) < 4.78 is 99.8. The molecule has 0 aliphatic heterocycles. The highest BCUT2D eigenvalue weighted by Gasteiger charge is 2.42. The van der Waals surface area contributed by atoms with E-state index in [-0.39, 0.29) is 16.9 Å². The summed E-state index contributed by atoms with van der Waals surface area (Å²) >= 11 is 0. The number of fused-ring (bicyclic) bond motifs is 6. The second kappa shape index (κ2) is 23.5. The van der Waals surface area contributed by atoms with Gasteiger partial charge in [-0.2, -0.15) is 31.6 Å². The maximum absolute atomic E-state index is 16.0. The van der Waals surface area contributed by atoms with Gasteiger partial charge in [-0.15, -0.1) is 0 Å². The van der Waals surface area contributed by atoms with Gasteiger partial charge in [0.1, 0.15) is 11.6 Å². The van der Waals surface area contributed by atoms with Crippen molar-refractivity contribution in [2.45, 2.75) is 12.4 Å². The van der Waals surface area contributed by atoms with Crippen LogP contribution in [0.1, 0.15) is 16.7 Å². The SMILES string of the molecule is N#Cc1c(-n2c3cc(-c4cccnc4-c4ccccc4)ccc3c3ccc(-c4cccnc4-c4ccccc4)cc32)cc(-c2c(C(F)(F)F)cccc2C(F)(F)F)cc1-n1c2cc(-c3cccnc3-c3ccccc3)ccc2c2ccc(-c3cccnc3-c3ccccc3)cc21. The number of benzene rings is 10. The average molecular weight is 1260 g/mol. The van der Waals surface area contributed by atoms with Crippen LogP contribution in [0.3, 0.4) is 0 Å². The van der Waals surface area contributed by atoms with E-state index in [2.05, 4.69) is 6.07 Å². The lowest BCUT2D eigenvalue weighted by molar-refractivity contribution is -0.142. The van der Waals surface area contributed by atoms with E-state index in [9.17, 15) is 5.26 Å². The molecule has 6 heterocycles. The van der Waals surface area contributed by atoms with Gasteiger partial charge in [-0.3, -0.25) is 19.9 Å². The number of aromatic nitrogens is 6. The molecular weight excluding hydrogens is 1210 g/mol. The van der Waals surface area contributed by atoms with E-state index in [1.165, 1.54) is 12.1 Å². The number of hydrogen-bond acceptors (Lipinski definition) is 5. The number of pyridine rings is 4. The van der Waals surface area contributed by atoms with Gasteiger partial charge in [0.2, 0.25) is 0 Å². The average Bonchev–Trinajstić information content (AvgIpc) is 1.51. The first-order chi connectivity index (χ1) is 46.9. The molecule has 7 nitrogen and oxygen atoms in total. The van der Waals surface area contributed by atoms with Crippen LogP contribution in [-0.2, 0) is 12.4 Å². The maximum atomic E-state index is 16.0. The number of hydrogen-bond donors (Lipinski definition) is 0. The lowest BCUT2D eigenvalue weighted by Gasteiger charge is -2.23. The zero-order valence-electron chi connectivity index (χ0n) is 50.7. The molecule has 16 aromatic rings. The first kappa shape index (κ1) is 58.5. The minimum atomic E-state index is -5.29. The van der Waals surface area contributed by atoms with Crippen molar-refractivity contribution in [3.8, 4) is 118 Å². The monoisotopic (exact) mass is 1260 g/mol. The third-order valence-electron chi connectivity index (χ3n) is 17.9. The lowest BCUT2D eigenvalue weighted by atomic mass is 9.91. The van der Waals surface area contributed by atoms with Crippen molar-refractivity contribution >= 4 is 43.6 Å². The molecule has 0 aliphatic rings. The van der Waals surface area contributed by atoms with Crippen molar-refractivity contribution in [3.63, 3.8) is 0 Å². The highest BCUT2D eigenvalue weighted by atomic mass is 19.4. The fourth-order valence-electron chi connectivity index (χ4n) is 13.6. The number of alkyl halides is 6. The molecule has 0 atom stereocenters. The van der Waals surface area contributed by atoms with E-state index in [0.717, 1.165) is 50.6 Å². The number of halogens is 6. The molecule has 10 aromatic carbocycles. The van der Waals surface area contributed by atoms with Crippen molar-refractivity contribution < 1.29 is 26.3 Å². The Labute approximate surface area is 546 Å². The van der Waals surface area contributed by atoms with Crippen molar-refractivity contribution in [3.05, 3.63) is 314 Å². The molecule has 0 aliphatic carbocycles. The fourth-order valence-corrected chi connectivity index (χ4v) is 13.6. The van der Waals surface area contributed by atoms with Gasteiger partial charge in [-0.25, -0.2) is 0 Å². The summed E-state index contributed by atoms with van der Waals surface area (Å²) in [7, 11) is 0. The van der Waals surface area contributed by atoms with Crippen LogP contribution in [0, 0.1) is 11.3 Å². The predicted molar refractivity (Wildman–Crippen MR) is 370 cm³/mol. The summed E-state index contributed by atoms with van der Waals surface area (Å²) in [6.07, 6.45) is -3.74. The van der Waals surface area contributed by atoms with Crippen LogP contribution < -0.4 is 0 Å². The molecule has 13 heteroatoms. The van der Waals surface area contributed by atoms with E-state index in [1.807, 2.05) is 252 Å². The Balaban J connectivity index is 1.07. The number of nitriles is 1. The van der Waals surface area contributed by atoms with Crippen LogP contribution in [0.4, 0.5) is 26.3 Å². The van der Waals surface area contributed by atoms with E-state index in [0.29, 0.717) is 101 Å². The molecule has 458 valence electrons. The van der Waals surface area contributed by atoms with Crippen LogP contribution in [0.5, 0.6) is 0 Å². The molecule has 6 aromatic heterocycles. The van der Waals surface area contributed by atoms with Gasteiger partial charge in [0.05, 0.1) is 67.3 Å². The smallest absolute Gasteiger partial charge is 0.308 e. The molecule has 0 bridgehead atoms. The minimum absolute atomic E-state index is 0.00731. The quantitative estimate of drug-likeness (QED) is 0.120. The second-order valence-electron chi connectivity index (χ2n) is 23.4. The van der Waals surface area contributed by atoms with Gasteiger partial charge < -0.3 is 9.13 Å². The number of nitrogens with zero attached hydrogens (tertiary/aromatic N) is 7. The van der Waals surface area contributed by atoms with Crippen LogP contribution in [0.25, 0.3) is 156 Å². The van der Waals surface area contributed by atoms with E-state index in [1.54, 1.807) is 24.8 Å². The molecular formula is C83H49F6N7. The largest absolute Gasteiger partial charge is 0.417 e. The van der Waals surface area contributed by atoms with Crippen molar-refractivity contribution in [2.75, 3.05) is 0 Å². The van der Waals surface area contributed by atoms with Crippen LogP contribution in [0.15, 0.2) is 298 Å². The zero-order valence-corrected chi connectivity index (χ0v) is 50.7. The molecule has 0 N–H and O–H groups in total. The maximum Gasteiger partial charge on any atom is 0.417 e. The van der Waals surface area contributed by atoms with Gasteiger partial charge in [-0.05, 0) is 101 Å². The Morgan fingerprint density at radius 3 is 0.823 bits per heavy atom. The Bertz CT molecular complexity index is 5140. The van der Waals surface area contributed by atoms with Crippen LogP contribution in [0.2, 0.25) is 0 Å². The molecule has 0 spiro atoms. The minimum Gasteiger partial charge on any atom is -0.308 e. The molecule has 0 saturated heterocycles. The van der Waals surface area contributed by atoms with Crippen molar-refractivity contribution in [1.82, 2.24) is 29.1 Å². The first-order valence-corrected chi connectivity index (χ1v) is 30.9. The number of rotatable bonds is 11. The zero-order chi connectivity index (χ0) is 65.2. The van der Waals surface area contributed by atoms with Crippen molar-refractivity contribution in [1.29, 1.82) is 5.26 Å². The van der Waals surface area contributed by atoms with Crippen LogP contribution >= 0.6 is 0 Å². The van der Waals surface area contributed by atoms with E-state index < -0.39 is 34.6 Å². The van der Waals surface area contributed by atoms with Gasteiger partial charge in [0, 0.05) is 96.4 Å². The molecule has 16 rings (SSSR count). The fraction of sp³-hybridized carbons (Fsp3) is 0.0241. The summed E-state index contributed by atoms with van der Waals surface area (Å²) in [5, 5.41) is 15.2. The third-order valence-corrected chi connectivity index (χ3v) is 17.9. The second-order valence-corrected chi connectivity index (χ2v) is 23.4. The topological polar surface area (TPSA) is 85.2 Å². The van der Waals surface area contributed by atoms with Crippen molar-refractivity contribution in [2.24, 2.45) is 0 Å². The van der Waals surface area contributed by atoms with E-state index >= 15 is 26.3 Å². The summed E-state index contributed by atoms with van der Waals surface area (Å²) in [5.74, 6) is 0. The molecule has 0 radical (unpaired) electrons. The normalized spacial score (nSPS) is 11.8. The standard InChI is InChI=1S/C83H49F6N7/c84-82(85,86)69-30-13-31-70(83(87,88)89)77(69)59-48-75(95-71-44-55(60-26-14-40-91-78(60)51-18-5-1-6-19-51)32-36-64(71)65-37-33-56(45-72(65)95)61-27-15-41-92-79(61)52-20-7-2-8-21-52)68(50-90)76(49-59)96-73-46-57(62-28-16-42-93-80(62)53-22-9-3-10-23-53)34-38-66(73)67-39-35-58(47-74(67)96)63-29-17-43-94-81(63)54-24-11-4-12-25-54/h1-49H. The predicted octanol–water partition coefficient (Wildman–Crippen LogP) is 22.4. The first-order valence-electron chi connectivity index (χ1n) is 30.9. The summed E-state index contributed by atoms with van der Waals surface area (Å²) in [4.78, 5) is 19.5. The Morgan fingerprint density at radius 2 is 0.562 bits per heavy atom. The van der Waals surface area contributed by atoms with E-state index in [4.69, 9.17) is 19.9 Å². The van der Waals surface area contributed by atoms with Gasteiger partial charge in [0.25, 0.3) is 0 Å². The molecule has 0 unspecified atom stereocenters. The summed E-state index contributed by atoms with van der Waals surface area (Å²) in [6, 6.07) is 84.8. The molecule has 96 heavy (non-hydrogen) atoms. The highest BCUT2D eigenvalue weighted by Crippen LogP contribution is 2.50. The molecule has 0 saturated carbocycles. The lowest BCUT2D eigenvalue weighted by Crippen LogP contribution is -2.15. The summed E-state index contributed by atoms with van der Waals surface area (Å²) in [6.45, 7) is 0. The van der Waals surface area contributed by atoms with Gasteiger partial charge in [0.15, 0.2) is 0 Å². The summed E-state index contributed by atoms with van der Waals surface area (Å²) in [5.41, 5.74) is 9.24. The molecule has 0 amide bonds. The van der Waals surface area contributed by atoms with Gasteiger partial charge >= 0.3 is 12.4 Å². The Hall–Kier alpha value is -12.5. The third kappa shape index (κ3) is 10.2. The molecule has 0 fully saturated rings.